The van der Waals surface area contributed by atoms with E-state index in [1.54, 1.807) is 11.2 Å². The van der Waals surface area contributed by atoms with Gasteiger partial charge >= 0.3 is 6.09 Å². The Hall–Kier alpha value is -3.02. The van der Waals surface area contributed by atoms with Crippen molar-refractivity contribution < 1.29 is 13.9 Å². The molecule has 2 aromatic heterocycles. The summed E-state index contributed by atoms with van der Waals surface area (Å²) in [5.74, 6) is 0. The Morgan fingerprint density at radius 3 is 2.46 bits per heavy atom. The van der Waals surface area contributed by atoms with Gasteiger partial charge in [-0.15, -0.1) is 0 Å². The second-order valence-corrected chi connectivity index (χ2v) is 7.98. The monoisotopic (exact) mass is 379 g/mol. The average molecular weight is 379 g/mol. The fourth-order valence-corrected chi connectivity index (χ4v) is 3.39. The van der Waals surface area contributed by atoms with Gasteiger partial charge in [0.15, 0.2) is 5.58 Å². The van der Waals surface area contributed by atoms with Crippen LogP contribution in [0, 0.1) is 0 Å². The van der Waals surface area contributed by atoms with Crippen molar-refractivity contribution in [2.75, 3.05) is 31.1 Å². The van der Waals surface area contributed by atoms with Gasteiger partial charge in [-0.05, 0) is 26.8 Å². The molecule has 0 saturated carbocycles. The van der Waals surface area contributed by atoms with E-state index >= 15 is 0 Å². The Morgan fingerprint density at radius 2 is 1.79 bits per heavy atom. The molecule has 1 fully saturated rings. The van der Waals surface area contributed by atoms with Gasteiger partial charge in [0.2, 0.25) is 0 Å². The predicted molar refractivity (Wildman–Crippen MR) is 109 cm³/mol. The fraction of sp³-hybridized carbons (Fsp3) is 0.364. The first-order valence-corrected chi connectivity index (χ1v) is 9.57. The van der Waals surface area contributed by atoms with Crippen LogP contribution >= 0.6 is 0 Å². The molecule has 0 bridgehead atoms. The third-order valence-corrected chi connectivity index (χ3v) is 4.73. The smallest absolute Gasteiger partial charge is 0.410 e. The molecule has 146 valence electrons. The van der Waals surface area contributed by atoms with Gasteiger partial charge in [-0.1, -0.05) is 30.3 Å². The number of carbonyl (C=O) groups excluding carboxylic acids is 1. The van der Waals surface area contributed by atoms with Crippen LogP contribution in [0.2, 0.25) is 0 Å². The summed E-state index contributed by atoms with van der Waals surface area (Å²) in [6, 6.07) is 14.1. The first-order valence-electron chi connectivity index (χ1n) is 9.57. The number of ether oxygens (including phenoxy) is 1. The molecule has 28 heavy (non-hydrogen) atoms. The molecule has 0 radical (unpaired) electrons. The minimum Gasteiger partial charge on any atom is -0.460 e. The van der Waals surface area contributed by atoms with Crippen molar-refractivity contribution in [2.45, 2.75) is 26.4 Å². The van der Waals surface area contributed by atoms with Crippen LogP contribution in [-0.2, 0) is 4.74 Å². The average Bonchev–Trinajstić information content (AvgIpc) is 3.15. The first kappa shape index (κ1) is 18.3. The van der Waals surface area contributed by atoms with Crippen LogP contribution in [0.3, 0.4) is 0 Å². The number of furan rings is 1. The Kier molecular flexibility index (Phi) is 4.71. The zero-order valence-corrected chi connectivity index (χ0v) is 16.5. The van der Waals surface area contributed by atoms with E-state index in [2.05, 4.69) is 23.1 Å². The van der Waals surface area contributed by atoms with Gasteiger partial charge in [0.05, 0.1) is 17.6 Å². The van der Waals surface area contributed by atoms with E-state index in [9.17, 15) is 4.79 Å². The molecular formula is C22H25N3O3. The summed E-state index contributed by atoms with van der Waals surface area (Å²) in [6.07, 6.45) is 1.42. The lowest BCUT2D eigenvalue weighted by Crippen LogP contribution is -2.50. The molecule has 1 aliphatic rings. The summed E-state index contributed by atoms with van der Waals surface area (Å²) >= 11 is 0. The second-order valence-electron chi connectivity index (χ2n) is 7.98. The maximum absolute atomic E-state index is 12.3. The molecular weight excluding hydrogens is 354 g/mol. The molecule has 1 aliphatic heterocycles. The number of fused-ring (bicyclic) bond motifs is 1. The topological polar surface area (TPSA) is 58.8 Å². The second kappa shape index (κ2) is 7.19. The zero-order chi connectivity index (χ0) is 19.7. The molecule has 6 heteroatoms. The standard InChI is InChI=1S/C22H25N3O3/c1-22(2,3)28-21(26)25-12-10-24(11-13-25)19-15-18(16-7-5-4-6-8-16)23-17-9-14-27-20(17)19/h4-9,14-15H,10-13H2,1-3H3. The highest BCUT2D eigenvalue weighted by Crippen LogP contribution is 2.32. The van der Waals surface area contributed by atoms with Gasteiger partial charge in [0.25, 0.3) is 0 Å². The van der Waals surface area contributed by atoms with E-state index in [4.69, 9.17) is 14.1 Å². The molecule has 0 aliphatic carbocycles. The van der Waals surface area contributed by atoms with Crippen LogP contribution in [0.1, 0.15) is 20.8 Å². The lowest BCUT2D eigenvalue weighted by molar-refractivity contribution is 0.0240. The molecule has 0 unspecified atom stereocenters. The number of benzene rings is 1. The van der Waals surface area contributed by atoms with Crippen LogP contribution in [0.15, 0.2) is 53.1 Å². The third-order valence-electron chi connectivity index (χ3n) is 4.73. The molecule has 6 nitrogen and oxygen atoms in total. The van der Waals surface area contributed by atoms with E-state index in [1.807, 2.05) is 45.0 Å². The lowest BCUT2D eigenvalue weighted by Gasteiger charge is -2.36. The maximum atomic E-state index is 12.3. The Bertz CT molecular complexity index is 968. The maximum Gasteiger partial charge on any atom is 0.410 e. The third kappa shape index (κ3) is 3.81. The number of aromatic nitrogens is 1. The van der Waals surface area contributed by atoms with Crippen molar-refractivity contribution >= 4 is 22.9 Å². The summed E-state index contributed by atoms with van der Waals surface area (Å²) < 4.78 is 11.2. The van der Waals surface area contributed by atoms with Gasteiger partial charge in [-0.2, -0.15) is 0 Å². The Morgan fingerprint density at radius 1 is 1.07 bits per heavy atom. The largest absolute Gasteiger partial charge is 0.460 e. The minimum absolute atomic E-state index is 0.255. The van der Waals surface area contributed by atoms with Gasteiger partial charge in [-0.25, -0.2) is 9.78 Å². The van der Waals surface area contributed by atoms with Crippen molar-refractivity contribution in [3.63, 3.8) is 0 Å². The van der Waals surface area contributed by atoms with Crippen LogP contribution in [-0.4, -0.2) is 47.8 Å². The van der Waals surface area contributed by atoms with Gasteiger partial charge in [0.1, 0.15) is 11.1 Å². The molecule has 4 rings (SSSR count). The molecule has 0 N–H and O–H groups in total. The summed E-state index contributed by atoms with van der Waals surface area (Å²) in [6.45, 7) is 8.31. The van der Waals surface area contributed by atoms with Gasteiger partial charge in [-0.3, -0.25) is 0 Å². The summed E-state index contributed by atoms with van der Waals surface area (Å²) in [5.41, 5.74) is 4.14. The summed E-state index contributed by atoms with van der Waals surface area (Å²) in [7, 11) is 0. The van der Waals surface area contributed by atoms with E-state index < -0.39 is 5.60 Å². The number of hydrogen-bond donors (Lipinski definition) is 0. The normalized spacial score (nSPS) is 15.1. The molecule has 0 spiro atoms. The summed E-state index contributed by atoms with van der Waals surface area (Å²) in [5, 5.41) is 0. The first-order chi connectivity index (χ1) is 13.4. The number of piperazine rings is 1. The predicted octanol–water partition coefficient (Wildman–Crippen LogP) is 4.55. The van der Waals surface area contributed by atoms with Crippen molar-refractivity contribution in [3.8, 4) is 11.3 Å². The highest BCUT2D eigenvalue weighted by molar-refractivity contribution is 5.90. The molecule has 1 aromatic carbocycles. The SMILES string of the molecule is CC(C)(C)OC(=O)N1CCN(c2cc(-c3ccccc3)nc3ccoc23)CC1. The molecule has 1 amide bonds. The highest BCUT2D eigenvalue weighted by Gasteiger charge is 2.27. The van der Waals surface area contributed by atoms with E-state index in [0.717, 1.165) is 28.0 Å². The van der Waals surface area contributed by atoms with Crippen LogP contribution in [0.25, 0.3) is 22.4 Å². The highest BCUT2D eigenvalue weighted by atomic mass is 16.6. The number of anilines is 1. The van der Waals surface area contributed by atoms with E-state index in [1.165, 1.54) is 0 Å². The quantitative estimate of drug-likeness (QED) is 0.654. The van der Waals surface area contributed by atoms with Crippen molar-refractivity contribution in [1.29, 1.82) is 0 Å². The Labute approximate surface area is 164 Å². The van der Waals surface area contributed by atoms with Crippen molar-refractivity contribution in [1.82, 2.24) is 9.88 Å². The van der Waals surface area contributed by atoms with Crippen LogP contribution in [0.4, 0.5) is 10.5 Å². The van der Waals surface area contributed by atoms with Crippen molar-refractivity contribution in [3.05, 3.63) is 48.7 Å². The number of pyridine rings is 1. The zero-order valence-electron chi connectivity index (χ0n) is 16.5. The lowest BCUT2D eigenvalue weighted by atomic mass is 10.1. The number of amides is 1. The van der Waals surface area contributed by atoms with E-state index in [0.29, 0.717) is 26.2 Å². The molecule has 1 saturated heterocycles. The number of nitrogens with zero attached hydrogens (tertiary/aromatic N) is 3. The molecule has 3 aromatic rings. The number of hydrogen-bond acceptors (Lipinski definition) is 5. The van der Waals surface area contributed by atoms with Gasteiger partial charge in [0, 0.05) is 37.8 Å². The van der Waals surface area contributed by atoms with E-state index in [-0.39, 0.29) is 6.09 Å². The molecule has 3 heterocycles. The van der Waals surface area contributed by atoms with Crippen molar-refractivity contribution in [2.24, 2.45) is 0 Å². The minimum atomic E-state index is -0.482. The van der Waals surface area contributed by atoms with Gasteiger partial charge < -0.3 is 19.0 Å². The number of rotatable bonds is 2. The fourth-order valence-electron chi connectivity index (χ4n) is 3.39. The molecule has 0 atom stereocenters. The Balaban J connectivity index is 1.57. The summed E-state index contributed by atoms with van der Waals surface area (Å²) in [4.78, 5) is 21.1. The van der Waals surface area contributed by atoms with Crippen LogP contribution < -0.4 is 4.90 Å². The number of carbonyl (C=O) groups is 1. The van der Waals surface area contributed by atoms with Crippen LogP contribution in [0.5, 0.6) is 0 Å².